The first kappa shape index (κ1) is 19.0. The summed E-state index contributed by atoms with van der Waals surface area (Å²) in [5, 5.41) is 5.92. The van der Waals surface area contributed by atoms with Crippen molar-refractivity contribution in [1.29, 1.82) is 0 Å². The second kappa shape index (κ2) is 7.44. The fourth-order valence-corrected chi connectivity index (χ4v) is 3.58. The quantitative estimate of drug-likeness (QED) is 0.754. The maximum absolute atomic E-state index is 13.0. The van der Waals surface area contributed by atoms with Crippen LogP contribution in [0.25, 0.3) is 0 Å². The van der Waals surface area contributed by atoms with Gasteiger partial charge in [0.2, 0.25) is 5.91 Å². The van der Waals surface area contributed by atoms with Gasteiger partial charge in [-0.05, 0) is 56.0 Å². The maximum Gasteiger partial charge on any atom is 0.416 e. The Morgan fingerprint density at radius 1 is 1.31 bits per heavy atom. The molecule has 1 unspecified atom stereocenters. The number of piperidine rings is 1. The lowest BCUT2D eigenvalue weighted by Gasteiger charge is -2.23. The smallest absolute Gasteiger partial charge is 0.416 e. The van der Waals surface area contributed by atoms with E-state index in [0.29, 0.717) is 6.61 Å². The highest BCUT2D eigenvalue weighted by Crippen LogP contribution is 2.59. The molecule has 1 amide bonds. The summed E-state index contributed by atoms with van der Waals surface area (Å²) in [6.45, 7) is 2.23. The molecule has 1 atom stereocenters. The number of anilines is 1. The van der Waals surface area contributed by atoms with Crippen LogP contribution in [0.5, 0.6) is 5.75 Å². The second-order valence-electron chi connectivity index (χ2n) is 6.91. The lowest BCUT2D eigenvalue weighted by atomic mass is 9.92. The van der Waals surface area contributed by atoms with Crippen molar-refractivity contribution >= 4 is 11.6 Å². The number of halogens is 3. The highest BCUT2D eigenvalue weighted by molar-refractivity contribution is 5.96. The van der Waals surface area contributed by atoms with E-state index in [-0.39, 0.29) is 35.3 Å². The van der Waals surface area contributed by atoms with Crippen molar-refractivity contribution in [2.45, 2.75) is 25.4 Å². The van der Waals surface area contributed by atoms with Crippen molar-refractivity contribution in [3.8, 4) is 5.75 Å². The predicted octanol–water partition coefficient (Wildman–Crippen LogP) is 3.06. The van der Waals surface area contributed by atoms with E-state index in [4.69, 9.17) is 9.47 Å². The van der Waals surface area contributed by atoms with E-state index in [0.717, 1.165) is 44.5 Å². The molecule has 1 aromatic rings. The lowest BCUT2D eigenvalue weighted by Crippen LogP contribution is -2.31. The van der Waals surface area contributed by atoms with Crippen molar-refractivity contribution in [3.05, 3.63) is 23.8 Å². The van der Waals surface area contributed by atoms with Crippen LogP contribution >= 0.6 is 0 Å². The first-order chi connectivity index (χ1) is 12.4. The largest absolute Gasteiger partial charge is 0.489 e. The van der Waals surface area contributed by atoms with Crippen LogP contribution < -0.4 is 15.4 Å². The van der Waals surface area contributed by atoms with Gasteiger partial charge in [0.15, 0.2) is 0 Å². The SMILES string of the molecule is COCCOc1ccc(C(F)(F)F)cc1NC(=O)C1CC12CCNCC2. The molecule has 0 bridgehead atoms. The molecule has 5 nitrogen and oxygen atoms in total. The third-order valence-corrected chi connectivity index (χ3v) is 5.22. The standard InChI is InChI=1S/C18H23F3N2O3/c1-25-8-9-26-15-3-2-12(18(19,20)21)10-14(15)23-16(24)13-11-17(13)4-6-22-7-5-17/h2-3,10,13,22H,4-9,11H2,1H3,(H,23,24). The molecule has 1 aliphatic heterocycles. The van der Waals surface area contributed by atoms with E-state index in [9.17, 15) is 18.0 Å². The summed E-state index contributed by atoms with van der Waals surface area (Å²) < 4.78 is 49.4. The van der Waals surface area contributed by atoms with Gasteiger partial charge in [-0.25, -0.2) is 0 Å². The summed E-state index contributed by atoms with van der Waals surface area (Å²) in [6, 6.07) is 3.11. The molecule has 1 heterocycles. The van der Waals surface area contributed by atoms with E-state index in [1.807, 2.05) is 0 Å². The zero-order valence-corrected chi connectivity index (χ0v) is 14.6. The Kier molecular flexibility index (Phi) is 5.43. The highest BCUT2D eigenvalue weighted by Gasteiger charge is 2.57. The molecule has 1 saturated heterocycles. The second-order valence-corrected chi connectivity index (χ2v) is 6.91. The molecule has 3 rings (SSSR count). The number of carbonyl (C=O) groups excluding carboxylic acids is 1. The van der Waals surface area contributed by atoms with Gasteiger partial charge in [0.25, 0.3) is 0 Å². The van der Waals surface area contributed by atoms with Gasteiger partial charge in [-0.3, -0.25) is 4.79 Å². The number of methoxy groups -OCH3 is 1. The molecule has 2 aliphatic rings. The number of nitrogens with one attached hydrogen (secondary N) is 2. The van der Waals surface area contributed by atoms with Gasteiger partial charge in [0.05, 0.1) is 17.9 Å². The molecule has 2 fully saturated rings. The van der Waals surface area contributed by atoms with Crippen LogP contribution in [0.3, 0.4) is 0 Å². The minimum Gasteiger partial charge on any atom is -0.489 e. The minimum atomic E-state index is -4.49. The summed E-state index contributed by atoms with van der Waals surface area (Å²) in [6.07, 6.45) is -1.85. The minimum absolute atomic E-state index is 0.00798. The van der Waals surface area contributed by atoms with Crippen molar-refractivity contribution in [1.82, 2.24) is 5.32 Å². The molecule has 1 aromatic carbocycles. The number of rotatable bonds is 6. The first-order valence-corrected chi connectivity index (χ1v) is 8.70. The zero-order valence-electron chi connectivity index (χ0n) is 14.6. The van der Waals surface area contributed by atoms with E-state index >= 15 is 0 Å². The Morgan fingerprint density at radius 2 is 2.04 bits per heavy atom. The number of amides is 1. The number of carbonyl (C=O) groups is 1. The molecular weight excluding hydrogens is 349 g/mol. The van der Waals surface area contributed by atoms with E-state index in [2.05, 4.69) is 10.6 Å². The Balaban J connectivity index is 1.74. The molecule has 0 radical (unpaired) electrons. The number of alkyl halides is 3. The summed E-state index contributed by atoms with van der Waals surface area (Å²) in [5.74, 6) is -0.169. The van der Waals surface area contributed by atoms with Gasteiger partial charge in [0, 0.05) is 13.0 Å². The molecular formula is C18H23F3N2O3. The zero-order chi connectivity index (χ0) is 18.8. The predicted molar refractivity (Wildman–Crippen MR) is 90.1 cm³/mol. The summed E-state index contributed by atoms with van der Waals surface area (Å²) >= 11 is 0. The Bertz CT molecular complexity index is 658. The average molecular weight is 372 g/mol. The maximum atomic E-state index is 13.0. The fourth-order valence-electron chi connectivity index (χ4n) is 3.58. The van der Waals surface area contributed by atoms with Gasteiger partial charge >= 0.3 is 6.18 Å². The van der Waals surface area contributed by atoms with Crippen molar-refractivity contribution in [2.24, 2.45) is 11.3 Å². The van der Waals surface area contributed by atoms with E-state index in [1.165, 1.54) is 13.2 Å². The van der Waals surface area contributed by atoms with Gasteiger partial charge < -0.3 is 20.1 Å². The van der Waals surface area contributed by atoms with Crippen LogP contribution in [0, 0.1) is 11.3 Å². The first-order valence-electron chi connectivity index (χ1n) is 8.70. The number of hydrogen-bond donors (Lipinski definition) is 2. The fraction of sp³-hybridized carbons (Fsp3) is 0.611. The van der Waals surface area contributed by atoms with E-state index < -0.39 is 11.7 Å². The van der Waals surface area contributed by atoms with Crippen molar-refractivity contribution in [3.63, 3.8) is 0 Å². The number of benzene rings is 1. The molecule has 144 valence electrons. The number of ether oxygens (including phenoxy) is 2. The highest BCUT2D eigenvalue weighted by atomic mass is 19.4. The van der Waals surface area contributed by atoms with Crippen molar-refractivity contribution in [2.75, 3.05) is 38.7 Å². The molecule has 2 N–H and O–H groups in total. The Morgan fingerprint density at radius 3 is 2.69 bits per heavy atom. The third kappa shape index (κ3) is 4.12. The molecule has 1 spiro atoms. The molecule has 8 heteroatoms. The Hall–Kier alpha value is -1.80. The average Bonchev–Trinajstić information content (AvgIpc) is 3.29. The summed E-state index contributed by atoms with van der Waals surface area (Å²) in [7, 11) is 1.50. The van der Waals surface area contributed by atoms with Crippen molar-refractivity contribution < 1.29 is 27.4 Å². The third-order valence-electron chi connectivity index (χ3n) is 5.22. The molecule has 26 heavy (non-hydrogen) atoms. The van der Waals surface area contributed by atoms with Crippen LogP contribution in [0.4, 0.5) is 18.9 Å². The number of hydrogen-bond acceptors (Lipinski definition) is 4. The molecule has 0 aromatic heterocycles. The van der Waals surface area contributed by atoms with Gasteiger partial charge in [-0.2, -0.15) is 13.2 Å². The Labute approximate surface area is 150 Å². The van der Waals surface area contributed by atoms with Crippen LogP contribution in [0.1, 0.15) is 24.8 Å². The van der Waals surface area contributed by atoms with E-state index in [1.54, 1.807) is 0 Å². The molecule has 1 saturated carbocycles. The van der Waals surface area contributed by atoms with Gasteiger partial charge in [0.1, 0.15) is 12.4 Å². The summed E-state index contributed by atoms with van der Waals surface area (Å²) in [5.41, 5.74) is -0.759. The van der Waals surface area contributed by atoms with Crippen LogP contribution in [-0.4, -0.2) is 39.3 Å². The monoisotopic (exact) mass is 372 g/mol. The van der Waals surface area contributed by atoms with Crippen LogP contribution in [0.2, 0.25) is 0 Å². The normalized spacial score (nSPS) is 21.5. The summed E-state index contributed by atoms with van der Waals surface area (Å²) in [4.78, 5) is 12.6. The van der Waals surface area contributed by atoms with Crippen LogP contribution in [0.15, 0.2) is 18.2 Å². The molecule has 1 aliphatic carbocycles. The van der Waals surface area contributed by atoms with Gasteiger partial charge in [-0.15, -0.1) is 0 Å². The van der Waals surface area contributed by atoms with Gasteiger partial charge in [-0.1, -0.05) is 0 Å². The van der Waals surface area contributed by atoms with Crippen LogP contribution in [-0.2, 0) is 15.7 Å². The lowest BCUT2D eigenvalue weighted by molar-refractivity contribution is -0.137. The topological polar surface area (TPSA) is 59.6 Å².